The fourth-order valence-corrected chi connectivity index (χ4v) is 4.50. The molecule has 0 amide bonds. The second kappa shape index (κ2) is 9.66. The molecule has 0 fully saturated rings. The van der Waals surface area contributed by atoms with E-state index in [0.29, 0.717) is 12.8 Å². The Bertz CT molecular complexity index is 1080. The number of nitrogens with one attached hydrogen (secondary N) is 1. The molecule has 3 nitrogen and oxygen atoms in total. The maximum atomic E-state index is 12.9. The van der Waals surface area contributed by atoms with Crippen molar-refractivity contribution in [2.75, 3.05) is 6.54 Å². The van der Waals surface area contributed by atoms with Crippen LogP contribution in [-0.2, 0) is 16.2 Å². The lowest BCUT2D eigenvalue weighted by atomic mass is 9.87. The Morgan fingerprint density at radius 2 is 1.42 bits per heavy atom. The molecule has 3 aromatic rings. The molecular formula is C24H24F3NO2S. The molecule has 1 unspecified atom stereocenters. The first-order valence-electron chi connectivity index (χ1n) is 9.95. The minimum absolute atomic E-state index is 0.132. The van der Waals surface area contributed by atoms with Crippen molar-refractivity contribution in [3.63, 3.8) is 0 Å². The fourth-order valence-electron chi connectivity index (χ4n) is 3.43. The molecule has 1 atom stereocenters. The van der Waals surface area contributed by atoms with E-state index in [2.05, 4.69) is 4.72 Å². The highest BCUT2D eigenvalue weighted by molar-refractivity contribution is 7.89. The predicted octanol–water partition coefficient (Wildman–Crippen LogP) is 5.90. The van der Waals surface area contributed by atoms with Gasteiger partial charge >= 0.3 is 6.18 Å². The summed E-state index contributed by atoms with van der Waals surface area (Å²) in [5.74, 6) is -0.132. The maximum absolute atomic E-state index is 12.9. The number of aryl methyl sites for hydroxylation is 1. The second-order valence-electron chi connectivity index (χ2n) is 7.44. The van der Waals surface area contributed by atoms with Crippen LogP contribution in [0.3, 0.4) is 0 Å². The van der Waals surface area contributed by atoms with E-state index in [1.165, 1.54) is 12.1 Å². The number of sulfonamides is 1. The van der Waals surface area contributed by atoms with Gasteiger partial charge in [-0.05, 0) is 55.2 Å². The van der Waals surface area contributed by atoms with Gasteiger partial charge in [0.15, 0.2) is 0 Å². The van der Waals surface area contributed by atoms with E-state index in [0.717, 1.165) is 28.8 Å². The molecule has 3 rings (SSSR count). The van der Waals surface area contributed by atoms with Gasteiger partial charge in [-0.1, -0.05) is 60.2 Å². The summed E-state index contributed by atoms with van der Waals surface area (Å²) in [5, 5.41) is 0. The molecule has 0 aromatic heterocycles. The zero-order valence-corrected chi connectivity index (χ0v) is 17.9. The second-order valence-corrected chi connectivity index (χ2v) is 9.20. The lowest BCUT2D eigenvalue weighted by Gasteiger charge is -2.19. The van der Waals surface area contributed by atoms with E-state index in [1.54, 1.807) is 24.3 Å². The molecule has 0 saturated carbocycles. The molecular weight excluding hydrogens is 423 g/mol. The normalized spacial score (nSPS) is 13.2. The van der Waals surface area contributed by atoms with Crippen LogP contribution >= 0.6 is 0 Å². The van der Waals surface area contributed by atoms with Crippen molar-refractivity contribution in [1.29, 1.82) is 0 Å². The molecule has 1 N–H and O–H groups in total. The Morgan fingerprint density at radius 1 is 0.839 bits per heavy atom. The third kappa shape index (κ3) is 6.18. The highest BCUT2D eigenvalue weighted by Crippen LogP contribution is 2.33. The molecule has 7 heteroatoms. The van der Waals surface area contributed by atoms with Crippen molar-refractivity contribution in [2.24, 2.45) is 0 Å². The van der Waals surface area contributed by atoms with Crippen LogP contribution in [-0.4, -0.2) is 15.0 Å². The first-order valence-corrected chi connectivity index (χ1v) is 11.4. The number of halogens is 3. The zero-order chi connectivity index (χ0) is 22.5. The summed E-state index contributed by atoms with van der Waals surface area (Å²) in [7, 11) is -3.60. The smallest absolute Gasteiger partial charge is 0.211 e. The topological polar surface area (TPSA) is 46.2 Å². The average molecular weight is 448 g/mol. The number of alkyl halides is 3. The van der Waals surface area contributed by atoms with Gasteiger partial charge in [-0.25, -0.2) is 13.1 Å². The molecule has 0 spiro atoms. The van der Waals surface area contributed by atoms with Gasteiger partial charge < -0.3 is 0 Å². The van der Waals surface area contributed by atoms with Gasteiger partial charge in [-0.15, -0.1) is 0 Å². The fraction of sp³-hybridized carbons (Fsp3) is 0.250. The number of hydrogen-bond acceptors (Lipinski definition) is 2. The van der Waals surface area contributed by atoms with Crippen molar-refractivity contribution in [2.45, 2.75) is 36.8 Å². The highest BCUT2D eigenvalue weighted by Gasteiger charge is 2.30. The largest absolute Gasteiger partial charge is 0.416 e. The molecule has 3 aromatic carbocycles. The van der Waals surface area contributed by atoms with E-state index in [9.17, 15) is 21.6 Å². The van der Waals surface area contributed by atoms with Crippen molar-refractivity contribution >= 4 is 10.0 Å². The van der Waals surface area contributed by atoms with Crippen LogP contribution in [0.2, 0.25) is 0 Å². The molecule has 164 valence electrons. The van der Waals surface area contributed by atoms with Gasteiger partial charge in [0.1, 0.15) is 0 Å². The van der Waals surface area contributed by atoms with Crippen LogP contribution < -0.4 is 4.72 Å². The third-order valence-corrected chi connectivity index (χ3v) is 6.61. The molecule has 31 heavy (non-hydrogen) atoms. The molecule has 0 aliphatic rings. The van der Waals surface area contributed by atoms with Crippen LogP contribution in [0.15, 0.2) is 83.8 Å². The van der Waals surface area contributed by atoms with E-state index in [4.69, 9.17) is 0 Å². The summed E-state index contributed by atoms with van der Waals surface area (Å²) in [5.41, 5.74) is 2.03. The minimum Gasteiger partial charge on any atom is -0.211 e. The van der Waals surface area contributed by atoms with Crippen molar-refractivity contribution in [3.8, 4) is 0 Å². The summed E-state index contributed by atoms with van der Waals surface area (Å²) < 4.78 is 66.2. The summed E-state index contributed by atoms with van der Waals surface area (Å²) in [6.07, 6.45) is -3.26. The van der Waals surface area contributed by atoms with Crippen LogP contribution in [0.25, 0.3) is 0 Å². The van der Waals surface area contributed by atoms with Gasteiger partial charge in [0.05, 0.1) is 10.5 Å². The Labute approximate surface area is 181 Å². The van der Waals surface area contributed by atoms with Gasteiger partial charge in [0, 0.05) is 12.5 Å². The summed E-state index contributed by atoms with van der Waals surface area (Å²) in [6, 6.07) is 21.3. The zero-order valence-electron chi connectivity index (χ0n) is 17.1. The van der Waals surface area contributed by atoms with E-state index in [-0.39, 0.29) is 17.4 Å². The molecule has 0 saturated heterocycles. The van der Waals surface area contributed by atoms with E-state index >= 15 is 0 Å². The Balaban J connectivity index is 1.69. The van der Waals surface area contributed by atoms with Crippen LogP contribution in [0.5, 0.6) is 0 Å². The molecule has 0 radical (unpaired) electrons. The lowest BCUT2D eigenvalue weighted by Crippen LogP contribution is -2.25. The molecule has 0 aliphatic heterocycles. The highest BCUT2D eigenvalue weighted by atomic mass is 32.2. The first-order chi connectivity index (χ1) is 14.7. The van der Waals surface area contributed by atoms with Gasteiger partial charge in [-0.2, -0.15) is 13.2 Å². The Hall–Kier alpha value is -2.64. The van der Waals surface area contributed by atoms with E-state index in [1.807, 2.05) is 37.3 Å². The van der Waals surface area contributed by atoms with E-state index < -0.39 is 21.8 Å². The predicted molar refractivity (Wildman–Crippen MR) is 115 cm³/mol. The summed E-state index contributed by atoms with van der Waals surface area (Å²) in [4.78, 5) is 0.209. The minimum atomic E-state index is -4.38. The monoisotopic (exact) mass is 447 g/mol. The summed E-state index contributed by atoms with van der Waals surface area (Å²) in [6.45, 7) is 2.12. The number of hydrogen-bond donors (Lipinski definition) is 1. The van der Waals surface area contributed by atoms with Crippen molar-refractivity contribution in [1.82, 2.24) is 4.72 Å². The van der Waals surface area contributed by atoms with Crippen LogP contribution in [0.4, 0.5) is 13.2 Å². The summed E-state index contributed by atoms with van der Waals surface area (Å²) >= 11 is 0. The number of benzene rings is 3. The van der Waals surface area contributed by atoms with Gasteiger partial charge in [-0.3, -0.25) is 0 Å². The average Bonchev–Trinajstić information content (AvgIpc) is 2.74. The maximum Gasteiger partial charge on any atom is 0.416 e. The molecule has 0 heterocycles. The Morgan fingerprint density at radius 3 is 2.00 bits per heavy atom. The number of rotatable bonds is 8. The first kappa shape index (κ1) is 23.0. The van der Waals surface area contributed by atoms with Crippen molar-refractivity contribution in [3.05, 3.63) is 101 Å². The van der Waals surface area contributed by atoms with Crippen LogP contribution in [0.1, 0.15) is 41.0 Å². The quantitative estimate of drug-likeness (QED) is 0.437. The SMILES string of the molecule is Cc1ccc(S(=O)(=O)NCCCC(c2ccccc2)c2ccc(C(F)(F)F)cc2)cc1. The third-order valence-electron chi connectivity index (χ3n) is 5.14. The molecule has 0 bridgehead atoms. The van der Waals surface area contributed by atoms with Gasteiger partial charge in [0.2, 0.25) is 10.0 Å². The lowest BCUT2D eigenvalue weighted by molar-refractivity contribution is -0.137. The standard InChI is InChI=1S/C24H24F3NO2S/c1-18-9-15-22(16-10-18)31(29,30)28-17-5-8-23(19-6-3-2-4-7-19)20-11-13-21(14-12-20)24(25,26)27/h2-4,6-7,9-16,23,28H,5,8,17H2,1H3. The Kier molecular flexibility index (Phi) is 7.18. The van der Waals surface area contributed by atoms with Gasteiger partial charge in [0.25, 0.3) is 0 Å². The van der Waals surface area contributed by atoms with Crippen molar-refractivity contribution < 1.29 is 21.6 Å². The molecule has 0 aliphatic carbocycles. The van der Waals surface area contributed by atoms with Crippen LogP contribution in [0, 0.1) is 6.92 Å².